The van der Waals surface area contributed by atoms with Crippen molar-refractivity contribution in [2.75, 3.05) is 16.4 Å². The maximum atomic E-state index is 11.5. The monoisotopic (exact) mass is 290 g/mol. The van der Waals surface area contributed by atoms with Gasteiger partial charge in [-0.3, -0.25) is 4.79 Å². The molecule has 0 aromatic heterocycles. The predicted molar refractivity (Wildman–Crippen MR) is 85.4 cm³/mol. The van der Waals surface area contributed by atoms with Gasteiger partial charge in [0.2, 0.25) is 5.91 Å². The Bertz CT molecular complexity index is 507. The molecule has 0 bridgehead atoms. The Kier molecular flexibility index (Phi) is 3.92. The second kappa shape index (κ2) is 5.68. The first-order valence-corrected chi connectivity index (χ1v) is 8.42. The molecule has 0 spiro atoms. The van der Waals surface area contributed by atoms with Crippen molar-refractivity contribution in [3.05, 3.63) is 18.2 Å². The van der Waals surface area contributed by atoms with Crippen molar-refractivity contribution in [1.29, 1.82) is 0 Å². The van der Waals surface area contributed by atoms with Crippen LogP contribution < -0.4 is 10.6 Å². The van der Waals surface area contributed by atoms with E-state index in [2.05, 4.69) is 42.7 Å². The molecule has 1 heterocycles. The van der Waals surface area contributed by atoms with Crippen LogP contribution in [0.3, 0.4) is 0 Å². The summed E-state index contributed by atoms with van der Waals surface area (Å²) in [5, 5.41) is 6.60. The number of benzene rings is 1. The molecule has 1 saturated carbocycles. The van der Waals surface area contributed by atoms with Gasteiger partial charge in [-0.2, -0.15) is 0 Å². The third-order valence-electron chi connectivity index (χ3n) is 4.16. The maximum absolute atomic E-state index is 11.5. The Hall–Kier alpha value is -1.16. The van der Waals surface area contributed by atoms with Crippen molar-refractivity contribution in [2.45, 2.75) is 44.0 Å². The molecule has 2 N–H and O–H groups in total. The molecule has 1 amide bonds. The van der Waals surface area contributed by atoms with Gasteiger partial charge in [-0.15, -0.1) is 11.8 Å². The smallest absolute Gasteiger partial charge is 0.234 e. The number of rotatable bonds is 2. The van der Waals surface area contributed by atoms with E-state index in [-0.39, 0.29) is 5.91 Å². The average Bonchev–Trinajstić information content (AvgIpc) is 2.37. The van der Waals surface area contributed by atoms with Gasteiger partial charge in [0.15, 0.2) is 0 Å². The van der Waals surface area contributed by atoms with Crippen LogP contribution in [0.25, 0.3) is 0 Å². The van der Waals surface area contributed by atoms with Gasteiger partial charge in [-0.25, -0.2) is 0 Å². The highest BCUT2D eigenvalue weighted by Gasteiger charge is 2.24. The Morgan fingerprint density at radius 2 is 1.95 bits per heavy atom. The zero-order valence-electron chi connectivity index (χ0n) is 12.1. The van der Waals surface area contributed by atoms with Crippen LogP contribution in [-0.4, -0.2) is 17.7 Å². The minimum atomic E-state index is 0.0968. The molecule has 2 atom stereocenters. The van der Waals surface area contributed by atoms with Crippen LogP contribution in [0.15, 0.2) is 23.1 Å². The highest BCUT2D eigenvalue weighted by atomic mass is 32.2. The number of carbonyl (C=O) groups excluding carboxylic acids is 1. The Morgan fingerprint density at radius 3 is 2.70 bits per heavy atom. The zero-order chi connectivity index (χ0) is 14.1. The summed E-state index contributed by atoms with van der Waals surface area (Å²) in [7, 11) is 0. The highest BCUT2D eigenvalue weighted by molar-refractivity contribution is 8.00. The van der Waals surface area contributed by atoms with E-state index in [0.717, 1.165) is 23.2 Å². The number of anilines is 2. The van der Waals surface area contributed by atoms with E-state index >= 15 is 0 Å². The second-order valence-corrected chi connectivity index (χ2v) is 7.32. The summed E-state index contributed by atoms with van der Waals surface area (Å²) in [6, 6.07) is 6.87. The van der Waals surface area contributed by atoms with Gasteiger partial charge in [0.1, 0.15) is 0 Å². The van der Waals surface area contributed by atoms with E-state index in [0.29, 0.717) is 11.8 Å². The SMILES string of the molecule is CC1CC(C)CC(Nc2ccc3c(c2)NC(=O)CS3)C1. The number of thioether (sulfide) groups is 1. The van der Waals surface area contributed by atoms with Crippen LogP contribution in [-0.2, 0) is 4.79 Å². The standard InChI is InChI=1S/C16H22N2OS/c1-10-5-11(2)7-13(6-10)17-12-3-4-15-14(8-12)18-16(19)9-20-15/h3-4,8,10-11,13,17H,5-7,9H2,1-2H3,(H,18,19). The molecule has 0 saturated heterocycles. The van der Waals surface area contributed by atoms with Gasteiger partial charge in [0, 0.05) is 16.6 Å². The third-order valence-corrected chi connectivity index (χ3v) is 5.24. The van der Waals surface area contributed by atoms with Crippen molar-refractivity contribution in [3.63, 3.8) is 0 Å². The average molecular weight is 290 g/mol. The third kappa shape index (κ3) is 3.11. The zero-order valence-corrected chi connectivity index (χ0v) is 12.9. The number of carbonyl (C=O) groups is 1. The largest absolute Gasteiger partial charge is 0.382 e. The summed E-state index contributed by atoms with van der Waals surface area (Å²) in [4.78, 5) is 12.6. The van der Waals surface area contributed by atoms with E-state index in [1.165, 1.54) is 24.2 Å². The molecular formula is C16H22N2OS. The Balaban J connectivity index is 1.71. The number of hydrogen-bond acceptors (Lipinski definition) is 3. The van der Waals surface area contributed by atoms with E-state index in [9.17, 15) is 4.79 Å². The fourth-order valence-corrected chi connectivity index (χ4v) is 4.26. The summed E-state index contributed by atoms with van der Waals surface area (Å²) in [5.41, 5.74) is 2.08. The lowest BCUT2D eigenvalue weighted by molar-refractivity contribution is -0.113. The lowest BCUT2D eigenvalue weighted by atomic mass is 9.80. The summed E-state index contributed by atoms with van der Waals surface area (Å²) < 4.78 is 0. The molecule has 108 valence electrons. The molecule has 20 heavy (non-hydrogen) atoms. The van der Waals surface area contributed by atoms with Gasteiger partial charge >= 0.3 is 0 Å². The van der Waals surface area contributed by atoms with Crippen LogP contribution in [0, 0.1) is 11.8 Å². The predicted octanol–water partition coefficient (Wildman–Crippen LogP) is 3.97. The van der Waals surface area contributed by atoms with Crippen LogP contribution in [0.4, 0.5) is 11.4 Å². The molecule has 2 unspecified atom stereocenters. The lowest BCUT2D eigenvalue weighted by Crippen LogP contribution is -2.30. The summed E-state index contributed by atoms with van der Waals surface area (Å²) >= 11 is 1.61. The first kappa shape index (κ1) is 13.8. The normalized spacial score (nSPS) is 29.5. The van der Waals surface area contributed by atoms with E-state index in [1.54, 1.807) is 11.8 Å². The molecular weight excluding hydrogens is 268 g/mol. The molecule has 1 aromatic carbocycles. The topological polar surface area (TPSA) is 41.1 Å². The maximum Gasteiger partial charge on any atom is 0.234 e. The van der Waals surface area contributed by atoms with Crippen LogP contribution in [0.1, 0.15) is 33.1 Å². The number of amides is 1. The summed E-state index contributed by atoms with van der Waals surface area (Å²) in [5.74, 6) is 2.21. The Labute approximate surface area is 124 Å². The van der Waals surface area contributed by atoms with Crippen molar-refractivity contribution in [3.8, 4) is 0 Å². The van der Waals surface area contributed by atoms with Crippen LogP contribution in [0.5, 0.6) is 0 Å². The number of hydrogen-bond donors (Lipinski definition) is 2. The van der Waals surface area contributed by atoms with Crippen LogP contribution >= 0.6 is 11.8 Å². The molecule has 3 nitrogen and oxygen atoms in total. The van der Waals surface area contributed by atoms with Crippen molar-refractivity contribution < 1.29 is 4.79 Å². The molecule has 0 radical (unpaired) electrons. The van der Waals surface area contributed by atoms with Crippen molar-refractivity contribution in [2.24, 2.45) is 11.8 Å². The lowest BCUT2D eigenvalue weighted by Gasteiger charge is -2.32. The fourth-order valence-electron chi connectivity index (χ4n) is 3.47. The summed E-state index contributed by atoms with van der Waals surface area (Å²) in [6.45, 7) is 4.68. The molecule has 4 heteroatoms. The number of nitrogens with one attached hydrogen (secondary N) is 2. The minimum absolute atomic E-state index is 0.0968. The number of fused-ring (bicyclic) bond motifs is 1. The van der Waals surface area contributed by atoms with Gasteiger partial charge in [-0.1, -0.05) is 13.8 Å². The van der Waals surface area contributed by atoms with E-state index in [4.69, 9.17) is 0 Å². The Morgan fingerprint density at radius 1 is 1.20 bits per heavy atom. The first-order valence-electron chi connectivity index (χ1n) is 7.43. The first-order chi connectivity index (χ1) is 9.60. The summed E-state index contributed by atoms with van der Waals surface area (Å²) in [6.07, 6.45) is 3.82. The minimum Gasteiger partial charge on any atom is -0.382 e. The van der Waals surface area contributed by atoms with Crippen molar-refractivity contribution >= 4 is 29.0 Å². The second-order valence-electron chi connectivity index (χ2n) is 6.31. The van der Waals surface area contributed by atoms with Gasteiger partial charge < -0.3 is 10.6 Å². The van der Waals surface area contributed by atoms with Gasteiger partial charge in [0.25, 0.3) is 0 Å². The van der Waals surface area contributed by atoms with Gasteiger partial charge in [-0.05, 0) is 49.3 Å². The molecule has 1 aliphatic heterocycles. The fraction of sp³-hybridized carbons (Fsp3) is 0.562. The van der Waals surface area contributed by atoms with Gasteiger partial charge in [0.05, 0.1) is 11.4 Å². The highest BCUT2D eigenvalue weighted by Crippen LogP contribution is 2.35. The molecule has 3 rings (SSSR count). The quantitative estimate of drug-likeness (QED) is 0.866. The van der Waals surface area contributed by atoms with Crippen LogP contribution in [0.2, 0.25) is 0 Å². The van der Waals surface area contributed by atoms with Crippen molar-refractivity contribution in [1.82, 2.24) is 0 Å². The van der Waals surface area contributed by atoms with E-state index < -0.39 is 0 Å². The molecule has 2 aliphatic rings. The molecule has 1 aliphatic carbocycles. The molecule has 1 aromatic rings. The van der Waals surface area contributed by atoms with E-state index in [1.807, 2.05) is 0 Å². The molecule has 1 fully saturated rings.